The van der Waals surface area contributed by atoms with Gasteiger partial charge in [0.15, 0.2) is 0 Å². The van der Waals surface area contributed by atoms with Crippen LogP contribution in [0.25, 0.3) is 0 Å². The SMILES string of the molecule is CC(C)=CC1C(C(=O)NCCCc2ccnc(Cl)c2)C1(C)C. The van der Waals surface area contributed by atoms with E-state index in [9.17, 15) is 4.79 Å². The lowest BCUT2D eigenvalue weighted by Gasteiger charge is -2.06. The molecule has 0 spiro atoms. The number of rotatable bonds is 6. The van der Waals surface area contributed by atoms with Crippen molar-refractivity contribution in [1.29, 1.82) is 0 Å². The Hall–Kier alpha value is -1.35. The predicted molar refractivity (Wildman–Crippen MR) is 90.8 cm³/mol. The van der Waals surface area contributed by atoms with Crippen LogP contribution in [0.15, 0.2) is 30.0 Å². The van der Waals surface area contributed by atoms with Crippen LogP contribution in [0.5, 0.6) is 0 Å². The molecule has 2 atom stereocenters. The highest BCUT2D eigenvalue weighted by atomic mass is 35.5. The van der Waals surface area contributed by atoms with Crippen LogP contribution in [-0.2, 0) is 11.2 Å². The number of nitrogens with one attached hydrogen (secondary N) is 1. The molecule has 2 unspecified atom stereocenters. The molecule has 1 aliphatic rings. The standard InChI is InChI=1S/C18H25ClN2O/c1-12(2)10-14-16(18(14,3)4)17(22)21-8-5-6-13-7-9-20-15(19)11-13/h7,9-11,14,16H,5-6,8H2,1-4H3,(H,21,22). The maximum Gasteiger partial charge on any atom is 0.224 e. The largest absolute Gasteiger partial charge is 0.356 e. The van der Waals surface area contributed by atoms with Gasteiger partial charge in [-0.3, -0.25) is 4.79 Å². The molecule has 1 heterocycles. The van der Waals surface area contributed by atoms with Gasteiger partial charge in [-0.05, 0) is 55.7 Å². The molecule has 4 heteroatoms. The van der Waals surface area contributed by atoms with Crippen LogP contribution >= 0.6 is 11.6 Å². The second-order valence-corrected chi connectivity index (χ2v) is 7.34. The van der Waals surface area contributed by atoms with E-state index in [4.69, 9.17) is 11.6 Å². The van der Waals surface area contributed by atoms with Gasteiger partial charge in [0.2, 0.25) is 5.91 Å². The number of carbonyl (C=O) groups is 1. The van der Waals surface area contributed by atoms with Gasteiger partial charge in [0.25, 0.3) is 0 Å². The fraction of sp³-hybridized carbons (Fsp3) is 0.556. The van der Waals surface area contributed by atoms with Crippen LogP contribution in [0.3, 0.4) is 0 Å². The maximum atomic E-state index is 12.3. The van der Waals surface area contributed by atoms with Crippen LogP contribution in [0.4, 0.5) is 0 Å². The van der Waals surface area contributed by atoms with Gasteiger partial charge in [0.1, 0.15) is 5.15 Å². The molecule has 120 valence electrons. The van der Waals surface area contributed by atoms with E-state index in [1.54, 1.807) is 6.20 Å². The maximum absolute atomic E-state index is 12.3. The molecule has 1 aromatic heterocycles. The summed E-state index contributed by atoms with van der Waals surface area (Å²) in [5, 5.41) is 3.59. The van der Waals surface area contributed by atoms with Crippen LogP contribution in [0, 0.1) is 17.3 Å². The fourth-order valence-electron chi connectivity index (χ4n) is 3.06. The second-order valence-electron chi connectivity index (χ2n) is 6.95. The minimum Gasteiger partial charge on any atom is -0.356 e. The van der Waals surface area contributed by atoms with E-state index < -0.39 is 0 Å². The number of aromatic nitrogens is 1. The Balaban J connectivity index is 1.76. The Labute approximate surface area is 138 Å². The van der Waals surface area contributed by atoms with Crippen molar-refractivity contribution in [2.75, 3.05) is 6.54 Å². The first kappa shape index (κ1) is 17.0. The summed E-state index contributed by atoms with van der Waals surface area (Å²) >= 11 is 5.86. The normalized spacial score (nSPS) is 22.0. The molecule has 1 saturated carbocycles. The van der Waals surface area contributed by atoms with Crippen LogP contribution in [0.2, 0.25) is 5.15 Å². The number of aryl methyl sites for hydroxylation is 1. The van der Waals surface area contributed by atoms with E-state index in [1.165, 1.54) is 5.57 Å². The number of pyridine rings is 1. The van der Waals surface area contributed by atoms with Crippen molar-refractivity contribution in [1.82, 2.24) is 10.3 Å². The number of amides is 1. The molecule has 1 N–H and O–H groups in total. The third-order valence-electron chi connectivity index (χ3n) is 4.44. The van der Waals surface area contributed by atoms with Crippen molar-refractivity contribution in [3.8, 4) is 0 Å². The van der Waals surface area contributed by atoms with Crippen LogP contribution in [0.1, 0.15) is 39.7 Å². The van der Waals surface area contributed by atoms with Gasteiger partial charge in [-0.1, -0.05) is 37.1 Å². The molecular formula is C18H25ClN2O. The number of nitrogens with zero attached hydrogens (tertiary/aromatic N) is 1. The summed E-state index contributed by atoms with van der Waals surface area (Å²) in [4.78, 5) is 16.3. The zero-order valence-electron chi connectivity index (χ0n) is 13.8. The molecule has 3 nitrogen and oxygen atoms in total. The Morgan fingerprint density at radius 1 is 1.45 bits per heavy atom. The molecule has 0 radical (unpaired) electrons. The molecule has 0 bridgehead atoms. The molecule has 1 aromatic rings. The Morgan fingerprint density at radius 3 is 2.82 bits per heavy atom. The quantitative estimate of drug-likeness (QED) is 0.488. The van der Waals surface area contributed by atoms with E-state index in [0.29, 0.717) is 17.6 Å². The van der Waals surface area contributed by atoms with Crippen LogP contribution < -0.4 is 5.32 Å². The van der Waals surface area contributed by atoms with Crippen molar-refractivity contribution in [3.63, 3.8) is 0 Å². The van der Waals surface area contributed by atoms with Gasteiger partial charge in [-0.2, -0.15) is 0 Å². The van der Waals surface area contributed by atoms with Gasteiger partial charge in [0.05, 0.1) is 5.92 Å². The summed E-state index contributed by atoms with van der Waals surface area (Å²) in [6.45, 7) is 9.21. The lowest BCUT2D eigenvalue weighted by atomic mass is 10.1. The van der Waals surface area contributed by atoms with Crippen molar-refractivity contribution >= 4 is 17.5 Å². The van der Waals surface area contributed by atoms with E-state index in [-0.39, 0.29) is 17.2 Å². The summed E-state index contributed by atoms with van der Waals surface area (Å²) in [6, 6.07) is 3.83. The zero-order valence-corrected chi connectivity index (χ0v) is 14.6. The summed E-state index contributed by atoms with van der Waals surface area (Å²) < 4.78 is 0. The monoisotopic (exact) mass is 320 g/mol. The first-order valence-corrected chi connectivity index (χ1v) is 8.23. The average Bonchev–Trinajstić information content (AvgIpc) is 2.95. The average molecular weight is 321 g/mol. The number of hydrogen-bond donors (Lipinski definition) is 1. The van der Waals surface area contributed by atoms with E-state index in [0.717, 1.165) is 18.4 Å². The smallest absolute Gasteiger partial charge is 0.224 e. The van der Waals surface area contributed by atoms with Crippen molar-refractivity contribution in [3.05, 3.63) is 40.7 Å². The minimum absolute atomic E-state index is 0.0833. The topological polar surface area (TPSA) is 42.0 Å². The van der Waals surface area contributed by atoms with Gasteiger partial charge in [-0.25, -0.2) is 4.98 Å². The minimum atomic E-state index is 0.0833. The Bertz CT molecular complexity index is 576. The molecule has 0 aromatic carbocycles. The van der Waals surface area contributed by atoms with E-state index in [2.05, 4.69) is 44.1 Å². The zero-order chi connectivity index (χ0) is 16.3. The van der Waals surface area contributed by atoms with Crippen molar-refractivity contribution < 1.29 is 4.79 Å². The highest BCUT2D eigenvalue weighted by Crippen LogP contribution is 2.59. The first-order valence-electron chi connectivity index (χ1n) is 7.85. The third-order valence-corrected chi connectivity index (χ3v) is 4.65. The Morgan fingerprint density at radius 2 is 2.18 bits per heavy atom. The summed E-state index contributed by atoms with van der Waals surface area (Å²) in [5.74, 6) is 0.662. The molecule has 1 amide bonds. The molecule has 1 fully saturated rings. The van der Waals surface area contributed by atoms with E-state index in [1.807, 2.05) is 12.1 Å². The third kappa shape index (κ3) is 4.10. The van der Waals surface area contributed by atoms with Gasteiger partial charge < -0.3 is 5.32 Å². The highest BCUT2D eigenvalue weighted by molar-refractivity contribution is 6.29. The second kappa shape index (κ2) is 6.82. The number of hydrogen-bond acceptors (Lipinski definition) is 2. The first-order chi connectivity index (χ1) is 10.3. The van der Waals surface area contributed by atoms with Gasteiger partial charge in [-0.15, -0.1) is 0 Å². The Kier molecular flexibility index (Phi) is 5.28. The van der Waals surface area contributed by atoms with Crippen molar-refractivity contribution in [2.24, 2.45) is 17.3 Å². The molecule has 1 aliphatic carbocycles. The molecular weight excluding hydrogens is 296 g/mol. The number of carbonyl (C=O) groups excluding carboxylic acids is 1. The summed E-state index contributed by atoms with van der Waals surface area (Å²) in [5.41, 5.74) is 2.52. The number of halogens is 1. The molecule has 2 rings (SSSR count). The lowest BCUT2D eigenvalue weighted by molar-refractivity contribution is -0.123. The lowest BCUT2D eigenvalue weighted by Crippen LogP contribution is -2.28. The summed E-state index contributed by atoms with van der Waals surface area (Å²) in [7, 11) is 0. The molecule has 22 heavy (non-hydrogen) atoms. The predicted octanol–water partition coefficient (Wildman–Crippen LogP) is 4.02. The fourth-order valence-corrected chi connectivity index (χ4v) is 3.26. The van der Waals surface area contributed by atoms with Crippen molar-refractivity contribution in [2.45, 2.75) is 40.5 Å². The van der Waals surface area contributed by atoms with Crippen LogP contribution in [-0.4, -0.2) is 17.4 Å². The summed E-state index contributed by atoms with van der Waals surface area (Å²) in [6.07, 6.45) is 5.75. The van der Waals surface area contributed by atoms with Gasteiger partial charge >= 0.3 is 0 Å². The molecule has 0 saturated heterocycles. The molecule has 0 aliphatic heterocycles. The van der Waals surface area contributed by atoms with E-state index >= 15 is 0 Å². The number of allylic oxidation sites excluding steroid dienone is 2. The highest BCUT2D eigenvalue weighted by Gasteiger charge is 2.60. The van der Waals surface area contributed by atoms with Gasteiger partial charge in [0, 0.05) is 12.7 Å².